The topological polar surface area (TPSA) is 119 Å². The molecule has 164 valence electrons. The van der Waals surface area contributed by atoms with Gasteiger partial charge in [-0.05, 0) is 39.8 Å². The molecule has 3 rings (SSSR count). The molecule has 3 heterocycles. The number of hydrogen-bond acceptors (Lipinski definition) is 8. The van der Waals surface area contributed by atoms with Crippen molar-refractivity contribution < 1.29 is 18.8 Å². The Morgan fingerprint density at radius 1 is 1.26 bits per heavy atom. The molecule has 2 amide bonds. The predicted octanol–water partition coefficient (Wildman–Crippen LogP) is 2.90. The number of carbonyl (C=O) groups is 2. The van der Waals surface area contributed by atoms with Gasteiger partial charge in [0.2, 0.25) is 5.82 Å². The van der Waals surface area contributed by atoms with Gasteiger partial charge in [-0.25, -0.2) is 14.7 Å². The molecule has 0 fully saturated rings. The minimum atomic E-state index is -0.585. The van der Waals surface area contributed by atoms with Gasteiger partial charge in [0.15, 0.2) is 5.82 Å². The zero-order valence-corrected chi connectivity index (χ0v) is 18.1. The molecule has 0 aliphatic heterocycles. The number of rotatable bonds is 7. The van der Waals surface area contributed by atoms with Crippen LogP contribution >= 0.6 is 0 Å². The molecule has 0 N–H and O–H groups in total. The van der Waals surface area contributed by atoms with E-state index >= 15 is 0 Å². The smallest absolute Gasteiger partial charge is 0.418 e. The highest BCUT2D eigenvalue weighted by atomic mass is 16.6. The summed E-state index contributed by atoms with van der Waals surface area (Å²) < 4.78 is 11.9. The fourth-order valence-electron chi connectivity index (χ4n) is 3.02. The van der Waals surface area contributed by atoms with Crippen molar-refractivity contribution in [3.63, 3.8) is 0 Å². The average molecular weight is 427 g/mol. The Hall–Kier alpha value is -3.76. The summed E-state index contributed by atoms with van der Waals surface area (Å²) in [5.74, 6) is 0.236. The zero-order valence-electron chi connectivity index (χ0n) is 18.1. The third-order valence-corrected chi connectivity index (χ3v) is 4.53. The summed E-state index contributed by atoms with van der Waals surface area (Å²) >= 11 is 0. The maximum atomic E-state index is 13.1. The lowest BCUT2D eigenvalue weighted by Gasteiger charge is -2.20. The summed E-state index contributed by atoms with van der Waals surface area (Å²) in [6.07, 6.45) is 4.14. The average Bonchev–Trinajstić information content (AvgIpc) is 3.36. The molecule has 31 heavy (non-hydrogen) atoms. The zero-order chi connectivity index (χ0) is 22.5. The van der Waals surface area contributed by atoms with Crippen molar-refractivity contribution in [2.45, 2.75) is 33.7 Å². The van der Waals surface area contributed by atoms with E-state index < -0.39 is 6.09 Å². The lowest BCUT2D eigenvalue weighted by molar-refractivity contribution is 0.0980. The third-order valence-electron chi connectivity index (χ3n) is 4.53. The van der Waals surface area contributed by atoms with Crippen molar-refractivity contribution in [2.75, 3.05) is 23.0 Å². The molecule has 0 aliphatic carbocycles. The molecule has 11 heteroatoms. The number of ether oxygens (including phenoxy) is 1. The molecule has 0 aliphatic rings. The van der Waals surface area contributed by atoms with Crippen LogP contribution in [0.1, 0.15) is 38.2 Å². The fraction of sp³-hybridized carbons (Fsp3) is 0.400. The van der Waals surface area contributed by atoms with Crippen LogP contribution in [0.5, 0.6) is 0 Å². The molecular formula is C20H25N7O4. The number of amides is 2. The lowest BCUT2D eigenvalue weighted by atomic mass is 10.3. The van der Waals surface area contributed by atoms with Gasteiger partial charge >= 0.3 is 12.1 Å². The summed E-state index contributed by atoms with van der Waals surface area (Å²) in [6, 6.07) is 3.31. The predicted molar refractivity (Wildman–Crippen MR) is 113 cm³/mol. The van der Waals surface area contributed by atoms with Crippen molar-refractivity contribution >= 4 is 23.7 Å². The largest absolute Gasteiger partial charge is 0.449 e. The highest BCUT2D eigenvalue weighted by molar-refractivity contribution is 6.05. The number of pyridine rings is 1. The van der Waals surface area contributed by atoms with Gasteiger partial charge in [0, 0.05) is 25.8 Å². The summed E-state index contributed by atoms with van der Waals surface area (Å²) in [7, 11) is 1.69. The first-order chi connectivity index (χ1) is 14.9. The highest BCUT2D eigenvalue weighted by Gasteiger charge is 2.28. The second kappa shape index (κ2) is 9.37. The number of imidazole rings is 1. The van der Waals surface area contributed by atoms with E-state index in [-0.39, 0.29) is 30.4 Å². The highest BCUT2D eigenvalue weighted by Crippen LogP contribution is 2.23. The van der Waals surface area contributed by atoms with Gasteiger partial charge < -0.3 is 18.7 Å². The monoisotopic (exact) mass is 427 g/mol. The van der Waals surface area contributed by atoms with Crippen LogP contribution in [0.2, 0.25) is 0 Å². The molecule has 0 radical (unpaired) electrons. The Kier molecular flexibility index (Phi) is 6.63. The molecule has 0 aromatic carbocycles. The first kappa shape index (κ1) is 21.9. The van der Waals surface area contributed by atoms with Gasteiger partial charge in [-0.3, -0.25) is 9.78 Å². The molecule has 0 bridgehead atoms. The van der Waals surface area contributed by atoms with E-state index in [0.717, 1.165) is 0 Å². The van der Waals surface area contributed by atoms with E-state index in [9.17, 15) is 9.59 Å². The number of carbonyl (C=O) groups excluding carboxylic acids is 2. The van der Waals surface area contributed by atoms with Crippen LogP contribution in [0.25, 0.3) is 11.6 Å². The van der Waals surface area contributed by atoms with E-state index in [1.54, 1.807) is 55.7 Å². The Bertz CT molecular complexity index is 1040. The van der Waals surface area contributed by atoms with Gasteiger partial charge in [0.25, 0.3) is 5.91 Å². The van der Waals surface area contributed by atoms with Crippen LogP contribution in [0.3, 0.4) is 0 Å². The fourth-order valence-corrected chi connectivity index (χ4v) is 3.02. The maximum absolute atomic E-state index is 13.1. The van der Waals surface area contributed by atoms with Crippen LogP contribution in [-0.4, -0.2) is 55.9 Å². The minimum absolute atomic E-state index is 0.00938. The first-order valence-electron chi connectivity index (χ1n) is 9.92. The van der Waals surface area contributed by atoms with Crippen molar-refractivity contribution in [2.24, 2.45) is 7.05 Å². The Morgan fingerprint density at radius 3 is 2.65 bits per heavy atom. The van der Waals surface area contributed by atoms with Crippen LogP contribution in [0.4, 0.5) is 16.5 Å². The van der Waals surface area contributed by atoms with Crippen LogP contribution < -0.4 is 9.80 Å². The van der Waals surface area contributed by atoms with Crippen LogP contribution in [-0.2, 0) is 11.8 Å². The van der Waals surface area contributed by atoms with Crippen molar-refractivity contribution in [3.05, 3.63) is 36.4 Å². The van der Waals surface area contributed by atoms with Crippen molar-refractivity contribution in [1.29, 1.82) is 0 Å². The molecule has 0 unspecified atom stereocenters. The quantitative estimate of drug-likeness (QED) is 0.564. The number of hydrogen-bond donors (Lipinski definition) is 0. The number of anilines is 2. The summed E-state index contributed by atoms with van der Waals surface area (Å²) in [5, 5.41) is 3.94. The van der Waals surface area contributed by atoms with Gasteiger partial charge in [0.05, 0.1) is 24.7 Å². The van der Waals surface area contributed by atoms with E-state index in [1.807, 2.05) is 13.0 Å². The molecule has 3 aromatic heterocycles. The second-order valence-corrected chi connectivity index (χ2v) is 6.85. The maximum Gasteiger partial charge on any atom is 0.418 e. The Labute approximate surface area is 179 Å². The van der Waals surface area contributed by atoms with E-state index in [2.05, 4.69) is 20.1 Å². The van der Waals surface area contributed by atoms with Crippen LogP contribution in [0, 0.1) is 0 Å². The third kappa shape index (κ3) is 4.39. The molecule has 0 atom stereocenters. The summed E-state index contributed by atoms with van der Waals surface area (Å²) in [4.78, 5) is 40.9. The second-order valence-electron chi connectivity index (χ2n) is 6.85. The van der Waals surface area contributed by atoms with Gasteiger partial charge in [-0.1, -0.05) is 5.16 Å². The van der Waals surface area contributed by atoms with Gasteiger partial charge in [0.1, 0.15) is 5.69 Å². The SMILES string of the molecule is CCOC(=O)N(c1nc(-c2ncc(C(=O)N(CC)c3cccnc3)n2C)no1)C(C)C. The Balaban J connectivity index is 1.90. The molecule has 0 saturated carbocycles. The van der Waals surface area contributed by atoms with Gasteiger partial charge in [-0.2, -0.15) is 4.98 Å². The normalized spacial score (nSPS) is 10.9. The van der Waals surface area contributed by atoms with E-state index in [1.165, 1.54) is 11.1 Å². The number of nitrogens with zero attached hydrogens (tertiary/aromatic N) is 7. The Morgan fingerprint density at radius 2 is 2.03 bits per heavy atom. The van der Waals surface area contributed by atoms with E-state index in [0.29, 0.717) is 23.8 Å². The summed E-state index contributed by atoms with van der Waals surface area (Å²) in [6.45, 7) is 7.88. The van der Waals surface area contributed by atoms with Crippen LogP contribution in [0.15, 0.2) is 35.2 Å². The first-order valence-corrected chi connectivity index (χ1v) is 9.92. The van der Waals surface area contributed by atoms with E-state index in [4.69, 9.17) is 9.26 Å². The molecular weight excluding hydrogens is 402 g/mol. The number of aromatic nitrogens is 5. The minimum Gasteiger partial charge on any atom is -0.449 e. The molecule has 11 nitrogen and oxygen atoms in total. The molecule has 0 saturated heterocycles. The molecule has 0 spiro atoms. The van der Waals surface area contributed by atoms with Gasteiger partial charge in [-0.15, -0.1) is 0 Å². The standard InChI is InChI=1S/C20H25N7O4/c1-6-26(14-9-8-10-21-11-14)18(28)15-12-22-17(25(15)5)16-23-19(31-24-16)27(13(3)4)20(29)30-7-2/h8-13H,6-7H2,1-5H3. The van der Waals surface area contributed by atoms with Crippen molar-refractivity contribution in [1.82, 2.24) is 24.7 Å². The lowest BCUT2D eigenvalue weighted by Crippen LogP contribution is -2.37. The summed E-state index contributed by atoms with van der Waals surface area (Å²) in [5.41, 5.74) is 1.03. The molecule has 3 aromatic rings. The van der Waals surface area contributed by atoms with Crippen molar-refractivity contribution in [3.8, 4) is 11.6 Å².